The fourth-order valence-corrected chi connectivity index (χ4v) is 2.63. The Hall–Kier alpha value is -0.540. The van der Waals surface area contributed by atoms with Crippen LogP contribution in [0.5, 0.6) is 0 Å². The number of hydrogen-bond acceptors (Lipinski definition) is 3. The summed E-state index contributed by atoms with van der Waals surface area (Å²) in [5, 5.41) is 0. The van der Waals surface area contributed by atoms with Crippen LogP contribution in [0.1, 0.15) is 11.3 Å². The monoisotopic (exact) mass is 208 g/mol. The van der Waals surface area contributed by atoms with Gasteiger partial charge in [0.1, 0.15) is 0 Å². The van der Waals surface area contributed by atoms with Crippen LogP contribution >= 0.6 is 11.8 Å². The molecule has 0 N–H and O–H groups in total. The van der Waals surface area contributed by atoms with Gasteiger partial charge in [0.15, 0.2) is 0 Å². The maximum atomic E-state index is 4.42. The highest BCUT2D eigenvalue weighted by Gasteiger charge is 2.11. The average Bonchev–Trinajstić information content (AvgIpc) is 2.23. The number of aromatic nitrogens is 1. The zero-order valence-corrected chi connectivity index (χ0v) is 9.39. The van der Waals surface area contributed by atoms with Crippen molar-refractivity contribution >= 4 is 11.8 Å². The minimum absolute atomic E-state index is 1.02. The predicted octanol–water partition coefficient (Wildman–Crippen LogP) is 1.94. The first kappa shape index (κ1) is 9.99. The summed E-state index contributed by atoms with van der Waals surface area (Å²) in [5.74, 6) is 2.54. The quantitative estimate of drug-likeness (QED) is 0.739. The van der Waals surface area contributed by atoms with Gasteiger partial charge in [0.25, 0.3) is 0 Å². The highest BCUT2D eigenvalue weighted by atomic mass is 32.2. The van der Waals surface area contributed by atoms with E-state index in [0.717, 1.165) is 6.54 Å². The second-order valence-corrected chi connectivity index (χ2v) is 4.88. The summed E-state index contributed by atoms with van der Waals surface area (Å²) in [6.07, 6.45) is 1.89. The van der Waals surface area contributed by atoms with Crippen LogP contribution in [-0.4, -0.2) is 34.5 Å². The Morgan fingerprint density at radius 3 is 2.93 bits per heavy atom. The fraction of sp³-hybridized carbons (Fsp3) is 0.545. The van der Waals surface area contributed by atoms with E-state index in [0.29, 0.717) is 0 Å². The number of thioether (sulfide) groups is 1. The maximum Gasteiger partial charge on any atom is 0.0573 e. The lowest BCUT2D eigenvalue weighted by molar-refractivity contribution is 0.290. The van der Waals surface area contributed by atoms with Gasteiger partial charge in [0.05, 0.1) is 5.69 Å². The molecule has 1 fully saturated rings. The summed E-state index contributed by atoms with van der Waals surface area (Å²) in [5.41, 5.74) is 2.55. The minimum Gasteiger partial charge on any atom is -0.296 e. The van der Waals surface area contributed by atoms with Gasteiger partial charge in [-0.2, -0.15) is 11.8 Å². The molecular formula is C11H16N2S. The van der Waals surface area contributed by atoms with Crippen molar-refractivity contribution in [2.75, 3.05) is 24.6 Å². The maximum absolute atomic E-state index is 4.42. The number of nitrogens with zero attached hydrogens (tertiary/aromatic N) is 2. The van der Waals surface area contributed by atoms with Crippen LogP contribution in [0.4, 0.5) is 0 Å². The zero-order valence-electron chi connectivity index (χ0n) is 8.57. The molecule has 0 unspecified atom stereocenters. The Kier molecular flexibility index (Phi) is 3.43. The standard InChI is InChI=1S/C11H16N2S/c1-10-3-2-4-12-11(10)9-13-5-7-14-8-6-13/h2-4H,5-9H2,1H3. The van der Waals surface area contributed by atoms with Gasteiger partial charge in [0, 0.05) is 37.3 Å². The van der Waals surface area contributed by atoms with Crippen LogP contribution in [0.3, 0.4) is 0 Å². The molecule has 0 amide bonds. The largest absolute Gasteiger partial charge is 0.296 e. The summed E-state index contributed by atoms with van der Waals surface area (Å²) in [6, 6.07) is 4.14. The molecule has 3 heteroatoms. The van der Waals surface area contributed by atoms with E-state index in [2.05, 4.69) is 34.6 Å². The van der Waals surface area contributed by atoms with E-state index in [1.54, 1.807) is 0 Å². The Morgan fingerprint density at radius 2 is 2.21 bits per heavy atom. The molecule has 76 valence electrons. The molecule has 0 atom stereocenters. The molecule has 0 bridgehead atoms. The van der Waals surface area contributed by atoms with E-state index in [9.17, 15) is 0 Å². The van der Waals surface area contributed by atoms with Gasteiger partial charge in [-0.1, -0.05) is 6.07 Å². The summed E-state index contributed by atoms with van der Waals surface area (Å²) >= 11 is 2.05. The molecule has 1 aromatic rings. The molecule has 2 nitrogen and oxygen atoms in total. The normalized spacial score (nSPS) is 18.4. The van der Waals surface area contributed by atoms with Gasteiger partial charge in [-0.25, -0.2) is 0 Å². The number of pyridine rings is 1. The van der Waals surface area contributed by atoms with Gasteiger partial charge >= 0.3 is 0 Å². The van der Waals surface area contributed by atoms with E-state index in [1.807, 2.05) is 12.3 Å². The van der Waals surface area contributed by atoms with E-state index >= 15 is 0 Å². The Morgan fingerprint density at radius 1 is 1.43 bits per heavy atom. The lowest BCUT2D eigenvalue weighted by Gasteiger charge is -2.26. The number of aryl methyl sites for hydroxylation is 1. The molecule has 1 saturated heterocycles. The van der Waals surface area contributed by atoms with Crippen LogP contribution in [0.25, 0.3) is 0 Å². The zero-order chi connectivity index (χ0) is 9.80. The predicted molar refractivity (Wildman–Crippen MR) is 61.6 cm³/mol. The molecule has 0 saturated carbocycles. The molecular weight excluding hydrogens is 192 g/mol. The van der Waals surface area contributed by atoms with Crippen LogP contribution < -0.4 is 0 Å². The van der Waals surface area contributed by atoms with Crippen molar-refractivity contribution in [1.29, 1.82) is 0 Å². The van der Waals surface area contributed by atoms with Gasteiger partial charge < -0.3 is 0 Å². The first-order valence-electron chi connectivity index (χ1n) is 5.07. The smallest absolute Gasteiger partial charge is 0.0573 e. The number of rotatable bonds is 2. The van der Waals surface area contributed by atoms with Gasteiger partial charge in [-0.3, -0.25) is 9.88 Å². The summed E-state index contributed by atoms with van der Waals surface area (Å²) in [7, 11) is 0. The van der Waals surface area contributed by atoms with Crippen LogP contribution in [0, 0.1) is 6.92 Å². The van der Waals surface area contributed by atoms with Crippen molar-refractivity contribution in [3.63, 3.8) is 0 Å². The van der Waals surface area contributed by atoms with E-state index < -0.39 is 0 Å². The van der Waals surface area contributed by atoms with Gasteiger partial charge in [-0.15, -0.1) is 0 Å². The molecule has 1 aliphatic heterocycles. The second-order valence-electron chi connectivity index (χ2n) is 3.66. The highest BCUT2D eigenvalue weighted by Crippen LogP contribution is 2.13. The molecule has 0 spiro atoms. The topological polar surface area (TPSA) is 16.1 Å². The van der Waals surface area contributed by atoms with Crippen LogP contribution in [0.15, 0.2) is 18.3 Å². The van der Waals surface area contributed by atoms with Gasteiger partial charge in [-0.05, 0) is 18.6 Å². The molecule has 0 radical (unpaired) electrons. The van der Waals surface area contributed by atoms with Crippen molar-refractivity contribution in [1.82, 2.24) is 9.88 Å². The number of hydrogen-bond donors (Lipinski definition) is 0. The third-order valence-electron chi connectivity index (χ3n) is 2.59. The third-order valence-corrected chi connectivity index (χ3v) is 3.54. The lowest BCUT2D eigenvalue weighted by Crippen LogP contribution is -2.32. The molecule has 0 aliphatic carbocycles. The second kappa shape index (κ2) is 4.80. The van der Waals surface area contributed by atoms with Crippen molar-refractivity contribution in [3.05, 3.63) is 29.6 Å². The van der Waals surface area contributed by atoms with Crippen LogP contribution in [-0.2, 0) is 6.54 Å². The van der Waals surface area contributed by atoms with Crippen LogP contribution in [0.2, 0.25) is 0 Å². The minimum atomic E-state index is 1.02. The summed E-state index contributed by atoms with van der Waals surface area (Å²) in [4.78, 5) is 6.92. The van der Waals surface area contributed by atoms with E-state index in [-0.39, 0.29) is 0 Å². The first-order valence-corrected chi connectivity index (χ1v) is 6.22. The average molecular weight is 208 g/mol. The van der Waals surface area contributed by atoms with E-state index in [4.69, 9.17) is 0 Å². The molecule has 14 heavy (non-hydrogen) atoms. The molecule has 0 aromatic carbocycles. The highest BCUT2D eigenvalue weighted by molar-refractivity contribution is 7.99. The van der Waals surface area contributed by atoms with E-state index in [1.165, 1.54) is 35.9 Å². The van der Waals surface area contributed by atoms with Crippen molar-refractivity contribution in [3.8, 4) is 0 Å². The third kappa shape index (κ3) is 2.49. The fourth-order valence-electron chi connectivity index (χ4n) is 1.65. The molecule has 2 heterocycles. The Bertz CT molecular complexity index is 295. The molecule has 2 rings (SSSR count). The van der Waals surface area contributed by atoms with Crippen molar-refractivity contribution in [2.24, 2.45) is 0 Å². The first-order chi connectivity index (χ1) is 6.86. The SMILES string of the molecule is Cc1cccnc1CN1CCSCC1. The van der Waals surface area contributed by atoms with Gasteiger partial charge in [0.2, 0.25) is 0 Å². The van der Waals surface area contributed by atoms with Crippen molar-refractivity contribution in [2.45, 2.75) is 13.5 Å². The van der Waals surface area contributed by atoms with Crippen molar-refractivity contribution < 1.29 is 0 Å². The molecule has 1 aliphatic rings. The Labute approximate surface area is 89.7 Å². The molecule has 1 aromatic heterocycles. The Balaban J connectivity index is 1.99. The summed E-state index contributed by atoms with van der Waals surface area (Å²) < 4.78 is 0. The lowest BCUT2D eigenvalue weighted by atomic mass is 10.2. The summed E-state index contributed by atoms with van der Waals surface area (Å²) in [6.45, 7) is 5.58.